The third-order valence-electron chi connectivity index (χ3n) is 4.09. The van der Waals surface area contributed by atoms with E-state index in [-0.39, 0.29) is 16.3 Å². The minimum Gasteiger partial charge on any atom is -0.508 e. The van der Waals surface area contributed by atoms with Crippen molar-refractivity contribution in [2.45, 2.75) is 4.90 Å². The van der Waals surface area contributed by atoms with Gasteiger partial charge in [-0.2, -0.15) is 0 Å². The molecule has 31 heavy (non-hydrogen) atoms. The number of sulfonamides is 1. The number of benzene rings is 3. The van der Waals surface area contributed by atoms with Crippen molar-refractivity contribution in [1.82, 2.24) is 4.98 Å². The first-order valence-corrected chi connectivity index (χ1v) is 11.1. The van der Waals surface area contributed by atoms with Crippen LogP contribution in [0.4, 0.5) is 25.7 Å². The molecule has 0 spiro atoms. The number of aromatic hydroxyl groups is 1. The summed E-state index contributed by atoms with van der Waals surface area (Å²) in [6.45, 7) is 0. The van der Waals surface area contributed by atoms with E-state index in [2.05, 4.69) is 20.3 Å². The number of nitrogens with one attached hydrogen (secondary N) is 3. The third-order valence-corrected chi connectivity index (χ3v) is 6.41. The number of nitrogens with zero attached hydrogens (tertiary/aromatic N) is 1. The standard InChI is InChI=1S/C20H15FN4O4S2/c21-12-2-1-3-16(10-12)31(28,29)25-14-6-4-13(5-7-14)22-19(27)24-20-23-17-9-8-15(26)11-18(17)30-20/h1-11,25-26H,(H2,22,23,24,27). The van der Waals surface area contributed by atoms with E-state index in [1.54, 1.807) is 12.1 Å². The Hall–Kier alpha value is -3.70. The fourth-order valence-electron chi connectivity index (χ4n) is 2.70. The topological polar surface area (TPSA) is 120 Å². The van der Waals surface area contributed by atoms with Gasteiger partial charge in [-0.15, -0.1) is 0 Å². The van der Waals surface area contributed by atoms with Gasteiger partial charge in [0.2, 0.25) is 0 Å². The van der Waals surface area contributed by atoms with Crippen LogP contribution in [0.5, 0.6) is 5.75 Å². The molecule has 0 saturated carbocycles. The normalized spacial score (nSPS) is 11.3. The quantitative estimate of drug-likeness (QED) is 0.349. The van der Waals surface area contributed by atoms with Crippen LogP contribution < -0.4 is 15.4 Å². The Morgan fingerprint density at radius 3 is 2.45 bits per heavy atom. The number of carbonyl (C=O) groups excluding carboxylic acids is 1. The fourth-order valence-corrected chi connectivity index (χ4v) is 4.68. The van der Waals surface area contributed by atoms with Gasteiger partial charge >= 0.3 is 6.03 Å². The molecular weight excluding hydrogens is 443 g/mol. The van der Waals surface area contributed by atoms with Gasteiger partial charge in [0.15, 0.2) is 5.13 Å². The number of thiazole rings is 1. The van der Waals surface area contributed by atoms with Gasteiger partial charge in [-0.25, -0.2) is 22.6 Å². The van der Waals surface area contributed by atoms with Crippen LogP contribution >= 0.6 is 11.3 Å². The Bertz CT molecular complexity index is 1370. The zero-order valence-electron chi connectivity index (χ0n) is 15.7. The number of fused-ring (bicyclic) bond motifs is 1. The predicted octanol–water partition coefficient (Wildman–Crippen LogP) is 4.59. The van der Waals surface area contributed by atoms with E-state index in [0.717, 1.165) is 16.8 Å². The highest BCUT2D eigenvalue weighted by molar-refractivity contribution is 7.92. The zero-order chi connectivity index (χ0) is 22.0. The van der Waals surface area contributed by atoms with Crippen LogP contribution in [0.25, 0.3) is 10.2 Å². The van der Waals surface area contributed by atoms with E-state index in [9.17, 15) is 22.7 Å². The molecule has 2 amide bonds. The highest BCUT2D eigenvalue weighted by Crippen LogP contribution is 2.29. The van der Waals surface area contributed by atoms with Gasteiger partial charge in [-0.3, -0.25) is 10.0 Å². The van der Waals surface area contributed by atoms with Gasteiger partial charge in [0.1, 0.15) is 11.6 Å². The number of hydrogen-bond acceptors (Lipinski definition) is 6. The molecule has 4 N–H and O–H groups in total. The molecule has 0 radical (unpaired) electrons. The number of phenols is 1. The SMILES string of the molecule is O=C(Nc1ccc(NS(=O)(=O)c2cccc(F)c2)cc1)Nc1nc2ccc(O)cc2s1. The van der Waals surface area contributed by atoms with Gasteiger partial charge in [0.05, 0.1) is 15.1 Å². The summed E-state index contributed by atoms with van der Waals surface area (Å²) in [7, 11) is -3.94. The summed E-state index contributed by atoms with van der Waals surface area (Å²) in [6, 6.07) is 14.8. The van der Waals surface area contributed by atoms with Crippen LogP contribution in [-0.4, -0.2) is 24.5 Å². The van der Waals surface area contributed by atoms with E-state index in [0.29, 0.717) is 16.3 Å². The second-order valence-corrected chi connectivity index (χ2v) is 9.10. The van der Waals surface area contributed by atoms with Crippen molar-refractivity contribution in [2.75, 3.05) is 15.4 Å². The van der Waals surface area contributed by atoms with Crippen molar-refractivity contribution in [1.29, 1.82) is 0 Å². The zero-order valence-corrected chi connectivity index (χ0v) is 17.3. The predicted molar refractivity (Wildman–Crippen MR) is 118 cm³/mol. The monoisotopic (exact) mass is 458 g/mol. The molecule has 0 unspecified atom stereocenters. The van der Waals surface area contributed by atoms with Crippen LogP contribution in [-0.2, 0) is 10.0 Å². The highest BCUT2D eigenvalue weighted by Gasteiger charge is 2.15. The van der Waals surface area contributed by atoms with Crippen molar-refractivity contribution in [3.63, 3.8) is 0 Å². The van der Waals surface area contributed by atoms with Crippen LogP contribution in [0, 0.1) is 5.82 Å². The molecule has 0 fully saturated rings. The van der Waals surface area contributed by atoms with Crippen LogP contribution in [0.15, 0.2) is 71.6 Å². The maximum absolute atomic E-state index is 13.3. The molecule has 0 aliphatic rings. The fraction of sp³-hybridized carbons (Fsp3) is 0. The summed E-state index contributed by atoms with van der Waals surface area (Å²) in [6.07, 6.45) is 0. The van der Waals surface area contributed by atoms with Crippen molar-refractivity contribution in [3.05, 3.63) is 72.5 Å². The number of carbonyl (C=O) groups is 1. The Morgan fingerprint density at radius 2 is 1.71 bits per heavy atom. The molecule has 0 aliphatic carbocycles. The van der Waals surface area contributed by atoms with Gasteiger partial charge in [0, 0.05) is 11.4 Å². The molecule has 8 nitrogen and oxygen atoms in total. The molecule has 3 aromatic carbocycles. The van der Waals surface area contributed by atoms with Crippen molar-refractivity contribution >= 4 is 54.1 Å². The lowest BCUT2D eigenvalue weighted by Gasteiger charge is -2.10. The van der Waals surface area contributed by atoms with Crippen molar-refractivity contribution in [3.8, 4) is 5.75 Å². The molecule has 0 bridgehead atoms. The van der Waals surface area contributed by atoms with Gasteiger partial charge in [-0.05, 0) is 60.7 Å². The average molecular weight is 458 g/mol. The Balaban J connectivity index is 1.40. The van der Waals surface area contributed by atoms with Crippen LogP contribution in [0.2, 0.25) is 0 Å². The minimum absolute atomic E-state index is 0.111. The number of anilines is 3. The van der Waals surface area contributed by atoms with Crippen molar-refractivity contribution in [2.24, 2.45) is 0 Å². The number of hydrogen-bond donors (Lipinski definition) is 4. The van der Waals surface area contributed by atoms with E-state index in [1.165, 1.54) is 53.8 Å². The largest absolute Gasteiger partial charge is 0.508 e. The maximum atomic E-state index is 13.3. The number of phenolic OH excluding ortho intramolecular Hbond substituents is 1. The smallest absolute Gasteiger partial charge is 0.325 e. The number of urea groups is 1. The lowest BCUT2D eigenvalue weighted by Crippen LogP contribution is -2.19. The Morgan fingerprint density at radius 1 is 0.968 bits per heavy atom. The second-order valence-electron chi connectivity index (χ2n) is 6.39. The number of aromatic nitrogens is 1. The average Bonchev–Trinajstić information content (AvgIpc) is 3.10. The lowest BCUT2D eigenvalue weighted by molar-refractivity contribution is 0.262. The molecule has 0 aliphatic heterocycles. The molecule has 158 valence electrons. The maximum Gasteiger partial charge on any atom is 0.325 e. The molecule has 0 atom stereocenters. The number of rotatable bonds is 5. The molecular formula is C20H15FN4O4S2. The summed E-state index contributed by atoms with van der Waals surface area (Å²) in [4.78, 5) is 16.3. The minimum atomic E-state index is -3.94. The van der Waals surface area contributed by atoms with Crippen LogP contribution in [0.3, 0.4) is 0 Å². The summed E-state index contributed by atoms with van der Waals surface area (Å²) in [5.74, 6) is -0.543. The first-order valence-electron chi connectivity index (χ1n) is 8.84. The highest BCUT2D eigenvalue weighted by atomic mass is 32.2. The second kappa shape index (κ2) is 8.20. The third kappa shape index (κ3) is 4.90. The summed E-state index contributed by atoms with van der Waals surface area (Å²) >= 11 is 1.21. The number of halogens is 1. The summed E-state index contributed by atoms with van der Waals surface area (Å²) in [5, 5.41) is 15.1. The first kappa shape index (κ1) is 20.6. The molecule has 11 heteroatoms. The van der Waals surface area contributed by atoms with E-state index in [1.807, 2.05) is 0 Å². The van der Waals surface area contributed by atoms with E-state index >= 15 is 0 Å². The Kier molecular flexibility index (Phi) is 5.44. The van der Waals surface area contributed by atoms with Gasteiger partial charge in [0.25, 0.3) is 10.0 Å². The summed E-state index contributed by atoms with van der Waals surface area (Å²) < 4.78 is 41.0. The molecule has 1 aromatic heterocycles. The van der Waals surface area contributed by atoms with E-state index in [4.69, 9.17) is 0 Å². The molecule has 4 aromatic rings. The van der Waals surface area contributed by atoms with Gasteiger partial charge < -0.3 is 10.4 Å². The lowest BCUT2D eigenvalue weighted by atomic mass is 10.3. The van der Waals surface area contributed by atoms with Gasteiger partial charge in [-0.1, -0.05) is 17.4 Å². The molecule has 4 rings (SSSR count). The summed E-state index contributed by atoms with van der Waals surface area (Å²) in [5.41, 5.74) is 1.32. The Labute approximate surface area is 180 Å². The first-order chi connectivity index (χ1) is 14.8. The molecule has 0 saturated heterocycles. The van der Waals surface area contributed by atoms with E-state index < -0.39 is 21.9 Å². The van der Waals surface area contributed by atoms with Crippen molar-refractivity contribution < 1.29 is 22.7 Å². The van der Waals surface area contributed by atoms with Crippen LogP contribution in [0.1, 0.15) is 0 Å². The molecule has 1 heterocycles. The number of amides is 2.